The molecule has 2 heterocycles. The van der Waals surface area contributed by atoms with Gasteiger partial charge >= 0.3 is 0 Å². The first kappa shape index (κ1) is 15.1. The number of thiol groups is 1. The van der Waals surface area contributed by atoms with Crippen molar-refractivity contribution in [1.82, 2.24) is 5.32 Å². The molecule has 1 aliphatic heterocycles. The third kappa shape index (κ3) is 3.18. The summed E-state index contributed by atoms with van der Waals surface area (Å²) in [5.41, 5.74) is 3.06. The topological polar surface area (TPSA) is 25.2 Å². The van der Waals surface area contributed by atoms with Gasteiger partial charge in [-0.05, 0) is 49.7 Å². The number of aryl methyl sites for hydroxylation is 1. The maximum absolute atomic E-state index is 12.5. The molecule has 1 aromatic heterocycles. The van der Waals surface area contributed by atoms with Gasteiger partial charge < -0.3 is 9.73 Å². The lowest BCUT2D eigenvalue weighted by molar-refractivity contribution is 0.488. The highest BCUT2D eigenvalue weighted by atomic mass is 32.1. The Labute approximate surface area is 134 Å². The fourth-order valence-corrected chi connectivity index (χ4v) is 2.88. The van der Waals surface area contributed by atoms with Crippen molar-refractivity contribution in [3.05, 3.63) is 65.2 Å². The molecule has 1 N–H and O–H groups in total. The lowest BCUT2D eigenvalue weighted by Gasteiger charge is -2.10. The van der Waals surface area contributed by atoms with Crippen LogP contribution in [0.15, 0.2) is 51.8 Å². The third-order valence-electron chi connectivity index (χ3n) is 3.76. The van der Waals surface area contributed by atoms with E-state index in [0.717, 1.165) is 35.7 Å². The predicted octanol–water partition coefficient (Wildman–Crippen LogP) is 4.50. The van der Waals surface area contributed by atoms with Crippen molar-refractivity contribution in [1.29, 1.82) is 0 Å². The van der Waals surface area contributed by atoms with Crippen LogP contribution in [0.3, 0.4) is 0 Å². The molecule has 0 unspecified atom stereocenters. The molecule has 0 amide bonds. The molecule has 1 aliphatic rings. The number of furan rings is 1. The zero-order valence-corrected chi connectivity index (χ0v) is 13.3. The van der Waals surface area contributed by atoms with Gasteiger partial charge in [0.05, 0.1) is 6.54 Å². The van der Waals surface area contributed by atoms with E-state index in [2.05, 4.69) is 30.1 Å². The third-order valence-corrected chi connectivity index (χ3v) is 4.04. The normalized spacial score (nSPS) is 13.4. The minimum atomic E-state index is -0.173. The summed E-state index contributed by atoms with van der Waals surface area (Å²) in [6, 6.07) is 13.0. The van der Waals surface area contributed by atoms with Gasteiger partial charge in [-0.2, -0.15) is 0 Å². The second-order valence-electron chi connectivity index (χ2n) is 5.36. The summed E-state index contributed by atoms with van der Waals surface area (Å²) in [5, 5.41) is 4.60. The molecule has 4 heteroatoms. The molecule has 0 atom stereocenters. The van der Waals surface area contributed by atoms with E-state index in [-0.39, 0.29) is 5.82 Å². The Morgan fingerprint density at radius 3 is 2.77 bits per heavy atom. The molecular formula is C18H18FNOS. The Morgan fingerprint density at radius 1 is 1.18 bits per heavy atom. The molecular weight excluding hydrogens is 297 g/mol. The largest absolute Gasteiger partial charge is 0.459 e. The van der Waals surface area contributed by atoms with Crippen LogP contribution >= 0.6 is 12.6 Å². The van der Waals surface area contributed by atoms with Crippen LogP contribution in [0.25, 0.3) is 11.0 Å². The number of nitrogens with one attached hydrogen (secondary N) is 1. The molecule has 0 bridgehead atoms. The van der Waals surface area contributed by atoms with Crippen LogP contribution in [-0.4, -0.2) is 6.54 Å². The lowest BCUT2D eigenvalue weighted by Crippen LogP contribution is -2.22. The van der Waals surface area contributed by atoms with E-state index < -0.39 is 0 Å². The zero-order valence-electron chi connectivity index (χ0n) is 12.4. The van der Waals surface area contributed by atoms with Crippen LogP contribution < -0.4 is 5.32 Å². The second-order valence-corrected chi connectivity index (χ2v) is 5.88. The van der Waals surface area contributed by atoms with Gasteiger partial charge in [-0.3, -0.25) is 0 Å². The Balaban J connectivity index is 0.000000142. The smallest absolute Gasteiger partial charge is 0.134 e. The molecule has 0 saturated heterocycles. The van der Waals surface area contributed by atoms with Crippen molar-refractivity contribution in [2.24, 2.45) is 0 Å². The number of para-hydroxylation sites is 1. The molecule has 0 aliphatic carbocycles. The first-order valence-electron chi connectivity index (χ1n) is 7.30. The Morgan fingerprint density at radius 2 is 2.00 bits per heavy atom. The molecule has 22 heavy (non-hydrogen) atoms. The van der Waals surface area contributed by atoms with E-state index in [1.807, 2.05) is 12.1 Å². The number of hydrogen-bond acceptors (Lipinski definition) is 3. The molecule has 0 saturated carbocycles. The van der Waals surface area contributed by atoms with Crippen LogP contribution in [0.1, 0.15) is 16.9 Å². The van der Waals surface area contributed by atoms with Crippen molar-refractivity contribution < 1.29 is 8.81 Å². The number of halogens is 1. The van der Waals surface area contributed by atoms with E-state index in [4.69, 9.17) is 4.42 Å². The van der Waals surface area contributed by atoms with Gasteiger partial charge in [0, 0.05) is 15.8 Å². The highest BCUT2D eigenvalue weighted by Gasteiger charge is 2.16. The quantitative estimate of drug-likeness (QED) is 0.597. The molecule has 0 radical (unpaired) electrons. The van der Waals surface area contributed by atoms with Crippen LogP contribution in [-0.2, 0) is 13.0 Å². The van der Waals surface area contributed by atoms with Crippen LogP contribution in [0.5, 0.6) is 0 Å². The first-order chi connectivity index (χ1) is 10.6. The van der Waals surface area contributed by atoms with Crippen molar-refractivity contribution in [3.63, 3.8) is 0 Å². The van der Waals surface area contributed by atoms with Crippen LogP contribution in [0, 0.1) is 12.7 Å². The average molecular weight is 315 g/mol. The second kappa shape index (κ2) is 6.55. The van der Waals surface area contributed by atoms with Crippen molar-refractivity contribution >= 4 is 23.6 Å². The Bertz CT molecular complexity index is 797. The van der Waals surface area contributed by atoms with Gasteiger partial charge in [0.1, 0.15) is 17.2 Å². The highest BCUT2D eigenvalue weighted by molar-refractivity contribution is 7.80. The summed E-state index contributed by atoms with van der Waals surface area (Å²) in [7, 11) is 0. The Hall–Kier alpha value is -1.78. The number of fused-ring (bicyclic) bond motifs is 3. The fourth-order valence-electron chi connectivity index (χ4n) is 2.61. The molecule has 114 valence electrons. The number of rotatable bonds is 0. The minimum absolute atomic E-state index is 0.173. The summed E-state index contributed by atoms with van der Waals surface area (Å²) in [6.07, 6.45) is 1.09. The van der Waals surface area contributed by atoms with Crippen molar-refractivity contribution in [2.45, 2.75) is 24.8 Å². The predicted molar refractivity (Wildman–Crippen MR) is 90.0 cm³/mol. The highest BCUT2D eigenvalue weighted by Crippen LogP contribution is 2.27. The van der Waals surface area contributed by atoms with Gasteiger partial charge in [0.25, 0.3) is 0 Å². The van der Waals surface area contributed by atoms with E-state index in [0.29, 0.717) is 5.56 Å². The van der Waals surface area contributed by atoms with Gasteiger partial charge in [-0.15, -0.1) is 12.6 Å². The average Bonchev–Trinajstić information content (AvgIpc) is 2.91. The van der Waals surface area contributed by atoms with Gasteiger partial charge in [-0.25, -0.2) is 4.39 Å². The van der Waals surface area contributed by atoms with Crippen molar-refractivity contribution in [3.8, 4) is 0 Å². The summed E-state index contributed by atoms with van der Waals surface area (Å²) >= 11 is 4.03. The van der Waals surface area contributed by atoms with Gasteiger partial charge in [0.15, 0.2) is 0 Å². The summed E-state index contributed by atoms with van der Waals surface area (Å²) < 4.78 is 18.2. The maximum Gasteiger partial charge on any atom is 0.134 e. The zero-order chi connectivity index (χ0) is 15.5. The summed E-state index contributed by atoms with van der Waals surface area (Å²) in [5.74, 6) is 0.945. The maximum atomic E-state index is 12.5. The van der Waals surface area contributed by atoms with Gasteiger partial charge in [0.2, 0.25) is 0 Å². The summed E-state index contributed by atoms with van der Waals surface area (Å²) in [6.45, 7) is 3.66. The van der Waals surface area contributed by atoms with E-state index >= 15 is 0 Å². The fraction of sp³-hybridized carbons (Fsp3) is 0.222. The minimum Gasteiger partial charge on any atom is -0.459 e. The summed E-state index contributed by atoms with van der Waals surface area (Å²) in [4.78, 5) is 0.800. The van der Waals surface area contributed by atoms with E-state index in [1.54, 1.807) is 19.1 Å². The lowest BCUT2D eigenvalue weighted by atomic mass is 10.1. The van der Waals surface area contributed by atoms with Gasteiger partial charge in [-0.1, -0.05) is 18.2 Å². The number of benzene rings is 2. The molecule has 2 aromatic carbocycles. The SMILES string of the molecule is Cc1cc(S)ccc1F.c1ccc2c3c(oc2c1)CNCC3. The van der Waals surface area contributed by atoms with E-state index in [1.165, 1.54) is 17.0 Å². The Kier molecular flexibility index (Phi) is 4.50. The molecule has 4 rings (SSSR count). The standard InChI is InChI=1S/C11H11NO.C7H7FS/c1-2-4-10-8(3-1)9-5-6-12-7-11(9)13-10;1-5-4-6(9)2-3-7(5)8/h1-4,12H,5-7H2;2-4,9H,1H3. The molecule has 0 spiro atoms. The first-order valence-corrected chi connectivity index (χ1v) is 7.75. The van der Waals surface area contributed by atoms with Crippen LogP contribution in [0.2, 0.25) is 0 Å². The van der Waals surface area contributed by atoms with Crippen molar-refractivity contribution in [2.75, 3.05) is 6.54 Å². The molecule has 3 aromatic rings. The number of hydrogen-bond donors (Lipinski definition) is 2. The molecule has 0 fully saturated rings. The molecule has 2 nitrogen and oxygen atoms in total. The monoisotopic (exact) mass is 315 g/mol. The van der Waals surface area contributed by atoms with Crippen LogP contribution in [0.4, 0.5) is 4.39 Å². The van der Waals surface area contributed by atoms with E-state index in [9.17, 15) is 4.39 Å².